The van der Waals surface area contributed by atoms with Crippen molar-refractivity contribution in [2.75, 3.05) is 13.2 Å². The summed E-state index contributed by atoms with van der Waals surface area (Å²) in [5, 5.41) is 1.13. The maximum atomic E-state index is 9.99. The Bertz CT molecular complexity index is 204. The SMILES string of the molecule is O=S(=O)=CCC1OCCO1. The predicted octanol–water partition coefficient (Wildman–Crippen LogP) is -0.569. The van der Waals surface area contributed by atoms with Gasteiger partial charge < -0.3 is 9.47 Å². The van der Waals surface area contributed by atoms with Gasteiger partial charge in [-0.3, -0.25) is 0 Å². The van der Waals surface area contributed by atoms with Gasteiger partial charge in [-0.15, -0.1) is 0 Å². The minimum absolute atomic E-state index is 0.316. The van der Waals surface area contributed by atoms with Crippen molar-refractivity contribution in [1.82, 2.24) is 0 Å². The number of hydrogen-bond donors (Lipinski definition) is 0. The third-order valence-corrected chi connectivity index (χ3v) is 1.58. The van der Waals surface area contributed by atoms with Crippen molar-refractivity contribution in [3.8, 4) is 0 Å². The second kappa shape index (κ2) is 3.70. The molecule has 0 radical (unpaired) electrons. The van der Waals surface area contributed by atoms with Crippen molar-refractivity contribution < 1.29 is 17.9 Å². The van der Waals surface area contributed by atoms with Crippen molar-refractivity contribution >= 4 is 15.7 Å². The van der Waals surface area contributed by atoms with Crippen LogP contribution in [0.2, 0.25) is 0 Å². The van der Waals surface area contributed by atoms with Crippen LogP contribution < -0.4 is 0 Å². The van der Waals surface area contributed by atoms with Crippen LogP contribution >= 0.6 is 0 Å². The Morgan fingerprint density at radius 2 is 2.00 bits per heavy atom. The molecule has 4 nitrogen and oxygen atoms in total. The van der Waals surface area contributed by atoms with Crippen LogP contribution in [0.1, 0.15) is 6.42 Å². The molecule has 0 aromatic carbocycles. The van der Waals surface area contributed by atoms with Crippen molar-refractivity contribution in [3.05, 3.63) is 0 Å². The van der Waals surface area contributed by atoms with E-state index in [0.717, 1.165) is 5.37 Å². The molecule has 0 aromatic rings. The summed E-state index contributed by atoms with van der Waals surface area (Å²) in [6.07, 6.45) is -0.0336. The highest BCUT2D eigenvalue weighted by Gasteiger charge is 2.13. The molecule has 0 aliphatic carbocycles. The summed E-state index contributed by atoms with van der Waals surface area (Å²) in [6.45, 7) is 1.12. The first-order valence-corrected chi connectivity index (χ1v) is 4.07. The lowest BCUT2D eigenvalue weighted by Crippen LogP contribution is -2.07. The minimum Gasteiger partial charge on any atom is -0.350 e. The van der Waals surface area contributed by atoms with E-state index in [1.807, 2.05) is 0 Å². The van der Waals surface area contributed by atoms with Crippen LogP contribution in [-0.2, 0) is 19.8 Å². The second-order valence-corrected chi connectivity index (χ2v) is 2.69. The van der Waals surface area contributed by atoms with Crippen molar-refractivity contribution in [1.29, 1.82) is 0 Å². The molecule has 0 aromatic heterocycles. The van der Waals surface area contributed by atoms with Crippen LogP contribution in [0, 0.1) is 0 Å². The van der Waals surface area contributed by atoms with Gasteiger partial charge in [0.1, 0.15) is 0 Å². The van der Waals surface area contributed by atoms with Crippen LogP contribution in [0.25, 0.3) is 0 Å². The summed E-state index contributed by atoms with van der Waals surface area (Å²) in [6, 6.07) is 0. The van der Waals surface area contributed by atoms with Gasteiger partial charge in [0.25, 0.3) is 0 Å². The van der Waals surface area contributed by atoms with E-state index in [1.165, 1.54) is 0 Å². The third kappa shape index (κ3) is 2.47. The first kappa shape index (κ1) is 7.71. The van der Waals surface area contributed by atoms with E-state index in [9.17, 15) is 8.42 Å². The summed E-state index contributed by atoms with van der Waals surface area (Å²) in [5.74, 6) is 0. The largest absolute Gasteiger partial charge is 0.350 e. The summed E-state index contributed by atoms with van der Waals surface area (Å²) in [7, 11) is -2.10. The molecule has 0 spiro atoms. The molecule has 10 heavy (non-hydrogen) atoms. The standard InChI is InChI=1S/C5H8O4S/c6-10(7)4-1-5-8-2-3-9-5/h4-5H,1-3H2. The highest BCUT2D eigenvalue weighted by atomic mass is 32.2. The zero-order valence-electron chi connectivity index (χ0n) is 5.32. The fourth-order valence-electron chi connectivity index (χ4n) is 0.700. The van der Waals surface area contributed by atoms with Gasteiger partial charge in [-0.2, -0.15) is 8.42 Å². The monoisotopic (exact) mass is 164 g/mol. The Morgan fingerprint density at radius 1 is 1.40 bits per heavy atom. The van der Waals surface area contributed by atoms with E-state index in [-0.39, 0.29) is 6.29 Å². The number of ether oxygens (including phenoxy) is 2. The fourth-order valence-corrected chi connectivity index (χ4v) is 1.01. The topological polar surface area (TPSA) is 52.6 Å². The molecular weight excluding hydrogens is 156 g/mol. The van der Waals surface area contributed by atoms with Crippen LogP contribution in [0.15, 0.2) is 0 Å². The lowest BCUT2D eigenvalue weighted by molar-refractivity contribution is -0.0337. The predicted molar refractivity (Wildman–Crippen MR) is 35.3 cm³/mol. The average molecular weight is 164 g/mol. The van der Waals surface area contributed by atoms with Crippen molar-refractivity contribution in [2.45, 2.75) is 12.7 Å². The minimum atomic E-state index is -2.10. The third-order valence-electron chi connectivity index (χ3n) is 1.12. The summed E-state index contributed by atoms with van der Waals surface area (Å²) < 4.78 is 29.9. The van der Waals surface area contributed by atoms with Gasteiger partial charge in [-0.1, -0.05) is 0 Å². The van der Waals surface area contributed by atoms with E-state index < -0.39 is 10.3 Å². The molecule has 1 saturated heterocycles. The summed E-state index contributed by atoms with van der Waals surface area (Å²) in [4.78, 5) is 0. The summed E-state index contributed by atoms with van der Waals surface area (Å²) in [5.41, 5.74) is 0. The molecule has 0 bridgehead atoms. The molecule has 0 atom stereocenters. The normalized spacial score (nSPS) is 19.2. The molecule has 0 unspecified atom stereocenters. The van der Waals surface area contributed by atoms with Gasteiger partial charge in [0, 0.05) is 11.8 Å². The lowest BCUT2D eigenvalue weighted by Gasteiger charge is -2.01. The molecular formula is C5H8O4S. The molecule has 1 aliphatic heterocycles. The molecule has 0 saturated carbocycles. The highest BCUT2D eigenvalue weighted by molar-refractivity contribution is 7.71. The van der Waals surface area contributed by atoms with E-state index in [0.29, 0.717) is 19.6 Å². The van der Waals surface area contributed by atoms with Crippen LogP contribution in [0.3, 0.4) is 0 Å². The van der Waals surface area contributed by atoms with Gasteiger partial charge >= 0.3 is 0 Å². The highest BCUT2D eigenvalue weighted by Crippen LogP contribution is 2.05. The van der Waals surface area contributed by atoms with Gasteiger partial charge in [-0.25, -0.2) is 0 Å². The van der Waals surface area contributed by atoms with Gasteiger partial charge in [0.05, 0.1) is 13.2 Å². The van der Waals surface area contributed by atoms with E-state index >= 15 is 0 Å². The maximum absolute atomic E-state index is 9.99. The molecule has 5 heteroatoms. The molecule has 1 fully saturated rings. The van der Waals surface area contributed by atoms with Crippen molar-refractivity contribution in [3.63, 3.8) is 0 Å². The Labute approximate surface area is 60.3 Å². The molecule has 0 N–H and O–H groups in total. The van der Waals surface area contributed by atoms with Crippen molar-refractivity contribution in [2.24, 2.45) is 0 Å². The average Bonchev–Trinajstić information content (AvgIpc) is 2.34. The maximum Gasteiger partial charge on any atom is 0.210 e. The van der Waals surface area contributed by atoms with Gasteiger partial charge in [0.15, 0.2) is 6.29 Å². The Kier molecular flexibility index (Phi) is 2.85. The Balaban J connectivity index is 2.32. The zero-order valence-corrected chi connectivity index (χ0v) is 6.13. The number of rotatable bonds is 2. The van der Waals surface area contributed by atoms with Gasteiger partial charge in [0.2, 0.25) is 10.3 Å². The molecule has 58 valence electrons. The van der Waals surface area contributed by atoms with E-state index in [2.05, 4.69) is 0 Å². The van der Waals surface area contributed by atoms with Crippen LogP contribution in [0.5, 0.6) is 0 Å². The smallest absolute Gasteiger partial charge is 0.210 e. The van der Waals surface area contributed by atoms with Crippen LogP contribution in [-0.4, -0.2) is 33.3 Å². The first-order valence-electron chi connectivity index (χ1n) is 2.93. The van der Waals surface area contributed by atoms with E-state index in [1.54, 1.807) is 0 Å². The quantitative estimate of drug-likeness (QED) is 0.513. The lowest BCUT2D eigenvalue weighted by atomic mass is 10.5. The van der Waals surface area contributed by atoms with E-state index in [4.69, 9.17) is 9.47 Å². The molecule has 1 rings (SSSR count). The van der Waals surface area contributed by atoms with Gasteiger partial charge in [-0.05, 0) is 0 Å². The Morgan fingerprint density at radius 3 is 2.50 bits per heavy atom. The Hall–Kier alpha value is -0.390. The second-order valence-electron chi connectivity index (χ2n) is 1.83. The molecule has 1 aliphatic rings. The molecule has 0 amide bonds. The summed E-state index contributed by atoms with van der Waals surface area (Å²) >= 11 is 0. The van der Waals surface area contributed by atoms with Crippen LogP contribution in [0.4, 0.5) is 0 Å². The first-order chi connectivity index (χ1) is 4.79. The zero-order chi connectivity index (χ0) is 7.40. The number of hydrogen-bond acceptors (Lipinski definition) is 4. The fraction of sp³-hybridized carbons (Fsp3) is 0.800. The molecule has 1 heterocycles.